The third-order valence-corrected chi connectivity index (χ3v) is 7.27. The van der Waals surface area contributed by atoms with Crippen LogP contribution in [0.4, 0.5) is 0 Å². The number of benzene rings is 3. The van der Waals surface area contributed by atoms with Gasteiger partial charge in [0.05, 0.1) is 21.9 Å². The molecule has 168 valence electrons. The van der Waals surface area contributed by atoms with Crippen molar-refractivity contribution in [1.29, 1.82) is 0 Å². The molecule has 34 heavy (non-hydrogen) atoms. The molecule has 0 fully saturated rings. The predicted molar refractivity (Wildman–Crippen MR) is 141 cm³/mol. The van der Waals surface area contributed by atoms with Gasteiger partial charge in [-0.1, -0.05) is 71.2 Å². The number of hydrogen-bond acceptors (Lipinski definition) is 4. The number of aromatic nitrogens is 2. The van der Waals surface area contributed by atoms with E-state index in [1.54, 1.807) is 29.1 Å². The quantitative estimate of drug-likeness (QED) is 0.191. The van der Waals surface area contributed by atoms with Crippen molar-refractivity contribution in [2.24, 2.45) is 5.10 Å². The van der Waals surface area contributed by atoms with E-state index in [0.717, 1.165) is 21.5 Å². The molecule has 0 aliphatic carbocycles. The molecule has 0 spiro atoms. The molecule has 5 aromatic rings. The van der Waals surface area contributed by atoms with Crippen LogP contribution in [0.25, 0.3) is 27.0 Å². The van der Waals surface area contributed by atoms with E-state index in [1.807, 2.05) is 60.8 Å². The maximum Gasteiger partial charge on any atom is 0.283 e. The second kappa shape index (κ2) is 9.60. The van der Waals surface area contributed by atoms with Crippen molar-refractivity contribution < 1.29 is 4.79 Å². The first kappa shape index (κ1) is 22.6. The van der Waals surface area contributed by atoms with Gasteiger partial charge in [0.25, 0.3) is 5.91 Å². The normalized spacial score (nSPS) is 11.4. The van der Waals surface area contributed by atoms with Crippen LogP contribution in [0.1, 0.15) is 15.2 Å². The molecular weight excluding hydrogens is 511 g/mol. The van der Waals surface area contributed by atoms with Gasteiger partial charge >= 0.3 is 0 Å². The van der Waals surface area contributed by atoms with E-state index in [-0.39, 0.29) is 0 Å². The fraction of sp³-hybridized carbons (Fsp3) is 0. The van der Waals surface area contributed by atoms with Crippen LogP contribution in [0.2, 0.25) is 15.1 Å². The fourth-order valence-electron chi connectivity index (χ4n) is 3.45. The van der Waals surface area contributed by atoms with Crippen LogP contribution in [0, 0.1) is 0 Å². The number of hydrogen-bond donors (Lipinski definition) is 1. The summed E-state index contributed by atoms with van der Waals surface area (Å²) in [5.41, 5.74) is 5.75. The Hall–Kier alpha value is -3.16. The second-order valence-electron chi connectivity index (χ2n) is 7.28. The Balaban J connectivity index is 1.45. The highest BCUT2D eigenvalue weighted by molar-refractivity contribution is 7.21. The molecule has 0 unspecified atom stereocenters. The van der Waals surface area contributed by atoms with Gasteiger partial charge in [0.2, 0.25) is 0 Å². The number of carbonyl (C=O) groups excluding carboxylic acids is 1. The number of halogens is 3. The summed E-state index contributed by atoms with van der Waals surface area (Å²) in [4.78, 5) is 13.1. The minimum absolute atomic E-state index is 0.317. The monoisotopic (exact) mass is 524 g/mol. The molecule has 1 N–H and O–H groups in total. The number of para-hydroxylation sites is 1. The lowest BCUT2D eigenvalue weighted by Gasteiger charge is -2.01. The van der Waals surface area contributed by atoms with Crippen molar-refractivity contribution in [3.05, 3.63) is 105 Å². The Morgan fingerprint density at radius 3 is 2.47 bits per heavy atom. The molecule has 0 bridgehead atoms. The number of thiophene rings is 1. The molecule has 9 heteroatoms. The lowest BCUT2D eigenvalue weighted by molar-refractivity contribution is 0.0959. The number of nitrogens with zero attached hydrogens (tertiary/aromatic N) is 3. The van der Waals surface area contributed by atoms with Gasteiger partial charge in [-0.3, -0.25) is 4.79 Å². The number of carbonyl (C=O) groups is 1. The number of amides is 1. The summed E-state index contributed by atoms with van der Waals surface area (Å²) in [6.45, 7) is 0. The zero-order chi connectivity index (χ0) is 23.7. The first-order chi connectivity index (χ1) is 16.5. The molecule has 5 rings (SSSR count). The number of hydrazone groups is 1. The summed E-state index contributed by atoms with van der Waals surface area (Å²) in [5, 5.41) is 11.0. The molecule has 2 aromatic heterocycles. The third kappa shape index (κ3) is 4.45. The highest BCUT2D eigenvalue weighted by Crippen LogP contribution is 2.39. The van der Waals surface area contributed by atoms with E-state index in [0.29, 0.717) is 31.0 Å². The van der Waals surface area contributed by atoms with Gasteiger partial charge in [0.1, 0.15) is 10.6 Å². The predicted octanol–water partition coefficient (Wildman–Crippen LogP) is 7.48. The summed E-state index contributed by atoms with van der Waals surface area (Å²) >= 11 is 20.0. The van der Waals surface area contributed by atoms with Crippen molar-refractivity contribution in [2.45, 2.75) is 0 Å². The molecule has 3 aromatic carbocycles. The average molecular weight is 526 g/mol. The summed E-state index contributed by atoms with van der Waals surface area (Å²) in [5.74, 6) is -0.415. The van der Waals surface area contributed by atoms with Gasteiger partial charge in [0, 0.05) is 32.4 Å². The average Bonchev–Trinajstić information content (AvgIpc) is 3.42. The Bertz CT molecular complexity index is 1530. The van der Waals surface area contributed by atoms with Crippen LogP contribution >= 0.6 is 46.1 Å². The van der Waals surface area contributed by atoms with E-state index in [4.69, 9.17) is 39.9 Å². The molecule has 0 atom stereocenters. The van der Waals surface area contributed by atoms with Gasteiger partial charge in [-0.25, -0.2) is 10.1 Å². The number of fused-ring (bicyclic) bond motifs is 1. The molecule has 2 heterocycles. The maximum atomic E-state index is 12.8. The Kier molecular flexibility index (Phi) is 6.39. The van der Waals surface area contributed by atoms with Crippen LogP contribution in [-0.4, -0.2) is 21.9 Å². The van der Waals surface area contributed by atoms with Gasteiger partial charge in [-0.2, -0.15) is 10.2 Å². The van der Waals surface area contributed by atoms with Crippen molar-refractivity contribution in [3.63, 3.8) is 0 Å². The van der Waals surface area contributed by atoms with Gasteiger partial charge in [-0.05, 0) is 36.4 Å². The Labute approximate surface area is 214 Å². The van der Waals surface area contributed by atoms with Crippen molar-refractivity contribution in [3.8, 4) is 16.9 Å². The molecule has 0 saturated heterocycles. The second-order valence-corrected chi connectivity index (χ2v) is 9.55. The molecule has 0 aliphatic heterocycles. The third-order valence-electron chi connectivity index (χ3n) is 5.06. The Morgan fingerprint density at radius 1 is 0.971 bits per heavy atom. The Morgan fingerprint density at radius 2 is 1.74 bits per heavy atom. The van der Waals surface area contributed by atoms with E-state index in [2.05, 4.69) is 10.5 Å². The molecule has 0 saturated carbocycles. The van der Waals surface area contributed by atoms with E-state index in [9.17, 15) is 4.79 Å². The van der Waals surface area contributed by atoms with Crippen molar-refractivity contribution in [2.75, 3.05) is 0 Å². The van der Waals surface area contributed by atoms with Gasteiger partial charge < -0.3 is 0 Å². The first-order valence-corrected chi connectivity index (χ1v) is 12.1. The summed E-state index contributed by atoms with van der Waals surface area (Å²) in [6.07, 6.45) is 3.41. The zero-order valence-electron chi connectivity index (χ0n) is 17.4. The smallest absolute Gasteiger partial charge is 0.266 e. The van der Waals surface area contributed by atoms with Crippen molar-refractivity contribution in [1.82, 2.24) is 15.2 Å². The molecule has 0 radical (unpaired) electrons. The maximum absolute atomic E-state index is 12.8. The van der Waals surface area contributed by atoms with Crippen LogP contribution < -0.4 is 5.43 Å². The highest BCUT2D eigenvalue weighted by Gasteiger charge is 2.19. The zero-order valence-corrected chi connectivity index (χ0v) is 20.5. The lowest BCUT2D eigenvalue weighted by Crippen LogP contribution is -2.16. The SMILES string of the molecule is O=C(N/N=C/c1cn(-c2ccccc2)nc1-c1ccc(Cl)cc1)c1sc2cccc(Cl)c2c1Cl. The van der Waals surface area contributed by atoms with Crippen LogP contribution in [0.5, 0.6) is 0 Å². The van der Waals surface area contributed by atoms with Crippen LogP contribution in [0.3, 0.4) is 0 Å². The van der Waals surface area contributed by atoms with E-state index >= 15 is 0 Å². The number of rotatable bonds is 5. The fourth-order valence-corrected chi connectivity index (χ4v) is 5.43. The van der Waals surface area contributed by atoms with Gasteiger partial charge in [-0.15, -0.1) is 11.3 Å². The largest absolute Gasteiger partial charge is 0.283 e. The molecule has 1 amide bonds. The minimum Gasteiger partial charge on any atom is -0.266 e. The summed E-state index contributed by atoms with van der Waals surface area (Å²) < 4.78 is 2.60. The minimum atomic E-state index is -0.415. The summed E-state index contributed by atoms with van der Waals surface area (Å²) in [7, 11) is 0. The molecule has 5 nitrogen and oxygen atoms in total. The molecular formula is C25H15Cl3N4OS. The first-order valence-electron chi connectivity index (χ1n) is 10.1. The standard InChI is InChI=1S/C25H15Cl3N4OS/c26-17-11-9-15(10-12-17)23-16(14-32(31-23)18-5-2-1-3-6-18)13-29-30-25(33)24-22(28)21-19(27)7-4-8-20(21)34-24/h1-14H,(H,30,33)/b29-13+. The lowest BCUT2D eigenvalue weighted by atomic mass is 10.1. The van der Waals surface area contributed by atoms with Crippen molar-refractivity contribution >= 4 is 68.3 Å². The number of nitrogens with one attached hydrogen (secondary N) is 1. The van der Waals surface area contributed by atoms with Gasteiger partial charge in [0.15, 0.2) is 0 Å². The highest BCUT2D eigenvalue weighted by atomic mass is 35.5. The van der Waals surface area contributed by atoms with E-state index < -0.39 is 5.91 Å². The van der Waals surface area contributed by atoms with E-state index in [1.165, 1.54) is 11.3 Å². The topological polar surface area (TPSA) is 59.3 Å². The summed E-state index contributed by atoms with van der Waals surface area (Å²) in [6, 6.07) is 22.5. The van der Waals surface area contributed by atoms with Crippen LogP contribution in [-0.2, 0) is 0 Å². The van der Waals surface area contributed by atoms with Crippen LogP contribution in [0.15, 0.2) is 84.1 Å². The molecule has 0 aliphatic rings.